The Morgan fingerprint density at radius 3 is 2.27 bits per heavy atom. The highest BCUT2D eigenvalue weighted by Gasteiger charge is 2.09. The third-order valence-corrected chi connectivity index (χ3v) is 1.90. The molecule has 0 spiro atoms. The number of nitrogens with two attached hydrogens (primary N) is 1. The van der Waals surface area contributed by atoms with Gasteiger partial charge in [0.05, 0.1) is 13.2 Å². The standard InChI is InChI=1S/C5H10N2OS.C2H7BO3/c6-5(9)7-1-3-8-4-2-7;1-2-6-3(4)5/h1-4H2,(H2,6,9);4-5H,2H2,1H3. The van der Waals surface area contributed by atoms with Crippen LogP contribution in [0, 0.1) is 0 Å². The van der Waals surface area contributed by atoms with E-state index in [0.717, 1.165) is 26.3 Å². The molecule has 0 radical (unpaired) electrons. The van der Waals surface area contributed by atoms with E-state index in [4.69, 9.17) is 32.7 Å². The number of rotatable bonds is 2. The van der Waals surface area contributed by atoms with Gasteiger partial charge >= 0.3 is 7.32 Å². The molecule has 6 nitrogen and oxygen atoms in total. The lowest BCUT2D eigenvalue weighted by Crippen LogP contribution is -2.43. The molecular formula is C7H17BN2O4S. The van der Waals surface area contributed by atoms with Crippen molar-refractivity contribution in [2.45, 2.75) is 6.92 Å². The van der Waals surface area contributed by atoms with Crippen LogP contribution in [0.3, 0.4) is 0 Å². The van der Waals surface area contributed by atoms with Gasteiger partial charge in [0.1, 0.15) is 0 Å². The lowest BCUT2D eigenvalue weighted by atomic mass is 10.3. The first-order chi connectivity index (χ1) is 7.07. The van der Waals surface area contributed by atoms with Crippen molar-refractivity contribution in [1.82, 2.24) is 4.90 Å². The van der Waals surface area contributed by atoms with Gasteiger partial charge < -0.3 is 30.1 Å². The third-order valence-electron chi connectivity index (χ3n) is 1.64. The Morgan fingerprint density at radius 1 is 1.53 bits per heavy atom. The maximum Gasteiger partial charge on any atom is 0.633 e. The number of hydrogen-bond donors (Lipinski definition) is 3. The second-order valence-corrected chi connectivity index (χ2v) is 3.14. The summed E-state index contributed by atoms with van der Waals surface area (Å²) in [5.41, 5.74) is 5.37. The molecule has 4 N–H and O–H groups in total. The fourth-order valence-corrected chi connectivity index (χ4v) is 1.12. The van der Waals surface area contributed by atoms with Crippen molar-refractivity contribution >= 4 is 24.7 Å². The minimum absolute atomic E-state index is 0.331. The van der Waals surface area contributed by atoms with Crippen molar-refractivity contribution in [3.63, 3.8) is 0 Å². The number of hydrogen-bond acceptors (Lipinski definition) is 5. The smallest absolute Gasteiger partial charge is 0.402 e. The molecule has 0 amide bonds. The van der Waals surface area contributed by atoms with Gasteiger partial charge in [-0.15, -0.1) is 0 Å². The predicted octanol–water partition coefficient (Wildman–Crippen LogP) is -1.45. The van der Waals surface area contributed by atoms with Crippen LogP contribution in [-0.4, -0.2) is 60.3 Å². The summed E-state index contributed by atoms with van der Waals surface area (Å²) in [7, 11) is -1.60. The largest absolute Gasteiger partial charge is 0.633 e. The van der Waals surface area contributed by atoms with Crippen LogP contribution >= 0.6 is 12.2 Å². The van der Waals surface area contributed by atoms with Crippen molar-refractivity contribution in [1.29, 1.82) is 0 Å². The van der Waals surface area contributed by atoms with E-state index in [1.807, 2.05) is 4.90 Å². The topological polar surface area (TPSA) is 88.2 Å². The Labute approximate surface area is 95.1 Å². The molecule has 0 saturated carbocycles. The van der Waals surface area contributed by atoms with E-state index < -0.39 is 7.32 Å². The van der Waals surface area contributed by atoms with Gasteiger partial charge in [0.15, 0.2) is 5.11 Å². The first-order valence-electron chi connectivity index (χ1n) is 4.67. The number of ether oxygens (including phenoxy) is 1. The lowest BCUT2D eigenvalue weighted by molar-refractivity contribution is 0.0686. The van der Waals surface area contributed by atoms with E-state index in [1.165, 1.54) is 0 Å². The Hall–Kier alpha value is -0.405. The summed E-state index contributed by atoms with van der Waals surface area (Å²) in [5, 5.41) is 16.3. The fourth-order valence-electron chi connectivity index (χ4n) is 0.933. The molecule has 0 aromatic rings. The molecule has 0 aromatic heterocycles. The monoisotopic (exact) mass is 236 g/mol. The highest BCUT2D eigenvalue weighted by Crippen LogP contribution is 1.94. The van der Waals surface area contributed by atoms with Gasteiger partial charge in [-0.05, 0) is 19.1 Å². The van der Waals surface area contributed by atoms with E-state index in [9.17, 15) is 0 Å². The number of thiocarbonyl (C=S) groups is 1. The minimum Gasteiger partial charge on any atom is -0.402 e. The fraction of sp³-hybridized carbons (Fsp3) is 0.857. The molecular weight excluding hydrogens is 219 g/mol. The lowest BCUT2D eigenvalue weighted by Gasteiger charge is -2.26. The second-order valence-electron chi connectivity index (χ2n) is 2.72. The Balaban J connectivity index is 0.000000288. The first-order valence-corrected chi connectivity index (χ1v) is 5.08. The average molecular weight is 236 g/mol. The zero-order valence-electron chi connectivity index (χ0n) is 8.76. The molecule has 0 unspecified atom stereocenters. The summed E-state index contributed by atoms with van der Waals surface area (Å²) in [6.45, 7) is 5.19. The van der Waals surface area contributed by atoms with Crippen LogP contribution in [0.1, 0.15) is 6.92 Å². The Morgan fingerprint density at radius 2 is 2.07 bits per heavy atom. The molecule has 88 valence electrons. The summed E-state index contributed by atoms with van der Waals surface area (Å²) >= 11 is 4.76. The molecule has 1 heterocycles. The molecule has 0 aromatic carbocycles. The molecule has 1 aliphatic rings. The Kier molecular flexibility index (Phi) is 8.63. The van der Waals surface area contributed by atoms with Crippen LogP contribution in [-0.2, 0) is 9.39 Å². The Bertz CT molecular complexity index is 178. The van der Waals surface area contributed by atoms with Crippen molar-refractivity contribution < 1.29 is 19.4 Å². The number of nitrogens with zero attached hydrogens (tertiary/aromatic N) is 1. The zero-order valence-corrected chi connectivity index (χ0v) is 9.57. The van der Waals surface area contributed by atoms with E-state index in [0.29, 0.717) is 11.7 Å². The van der Waals surface area contributed by atoms with Gasteiger partial charge in [0.2, 0.25) is 0 Å². The molecule has 15 heavy (non-hydrogen) atoms. The maximum atomic E-state index is 7.89. The van der Waals surface area contributed by atoms with Crippen LogP contribution < -0.4 is 5.73 Å². The average Bonchev–Trinajstić information content (AvgIpc) is 2.20. The zero-order chi connectivity index (χ0) is 11.7. The van der Waals surface area contributed by atoms with Crippen LogP contribution in [0.5, 0.6) is 0 Å². The van der Waals surface area contributed by atoms with E-state index in [-0.39, 0.29) is 0 Å². The van der Waals surface area contributed by atoms with Gasteiger partial charge in [-0.3, -0.25) is 0 Å². The van der Waals surface area contributed by atoms with Crippen LogP contribution in [0.15, 0.2) is 0 Å². The molecule has 1 fully saturated rings. The molecule has 8 heteroatoms. The highest BCUT2D eigenvalue weighted by molar-refractivity contribution is 7.80. The van der Waals surface area contributed by atoms with Crippen LogP contribution in [0.4, 0.5) is 0 Å². The van der Waals surface area contributed by atoms with Gasteiger partial charge in [-0.1, -0.05) is 0 Å². The highest BCUT2D eigenvalue weighted by atomic mass is 32.1. The first kappa shape index (κ1) is 14.6. The van der Waals surface area contributed by atoms with Crippen molar-refractivity contribution in [2.75, 3.05) is 32.9 Å². The molecule has 0 bridgehead atoms. The molecule has 0 aliphatic carbocycles. The summed E-state index contributed by atoms with van der Waals surface area (Å²) in [4.78, 5) is 1.94. The quantitative estimate of drug-likeness (QED) is 0.399. The predicted molar refractivity (Wildman–Crippen MR) is 61.0 cm³/mol. The minimum atomic E-state index is -1.60. The molecule has 0 atom stereocenters. The van der Waals surface area contributed by atoms with Crippen LogP contribution in [0.2, 0.25) is 0 Å². The second kappa shape index (κ2) is 8.87. The van der Waals surface area contributed by atoms with E-state index in [1.54, 1.807) is 6.92 Å². The molecule has 1 aliphatic heterocycles. The van der Waals surface area contributed by atoms with E-state index in [2.05, 4.69) is 4.65 Å². The van der Waals surface area contributed by atoms with Crippen molar-refractivity contribution in [2.24, 2.45) is 5.73 Å². The maximum absolute atomic E-state index is 7.89. The number of morpholine rings is 1. The van der Waals surface area contributed by atoms with Gasteiger partial charge in [-0.2, -0.15) is 0 Å². The van der Waals surface area contributed by atoms with Crippen LogP contribution in [0.25, 0.3) is 0 Å². The summed E-state index contributed by atoms with van der Waals surface area (Å²) in [6.07, 6.45) is 0. The van der Waals surface area contributed by atoms with Gasteiger partial charge in [0.25, 0.3) is 0 Å². The molecule has 1 saturated heterocycles. The third kappa shape index (κ3) is 8.58. The SMILES string of the molecule is CCOB(O)O.NC(=S)N1CCOCC1. The summed E-state index contributed by atoms with van der Waals surface area (Å²) in [6, 6.07) is 0. The normalized spacial score (nSPS) is 15.3. The van der Waals surface area contributed by atoms with Gasteiger partial charge in [-0.25, -0.2) is 0 Å². The summed E-state index contributed by atoms with van der Waals surface area (Å²) in [5.74, 6) is 0. The summed E-state index contributed by atoms with van der Waals surface area (Å²) < 4.78 is 9.25. The van der Waals surface area contributed by atoms with Crippen molar-refractivity contribution in [3.8, 4) is 0 Å². The molecule has 1 rings (SSSR count). The van der Waals surface area contributed by atoms with Crippen molar-refractivity contribution in [3.05, 3.63) is 0 Å². The van der Waals surface area contributed by atoms with Gasteiger partial charge in [0, 0.05) is 19.7 Å². The van der Waals surface area contributed by atoms with E-state index >= 15 is 0 Å².